The fourth-order valence-corrected chi connectivity index (χ4v) is 4.50. The first-order valence-corrected chi connectivity index (χ1v) is 9.45. The van der Waals surface area contributed by atoms with Gasteiger partial charge in [0.1, 0.15) is 6.10 Å². The maximum Gasteiger partial charge on any atom is 0.312 e. The van der Waals surface area contributed by atoms with Gasteiger partial charge in [0.2, 0.25) is 0 Å². The fourth-order valence-electron chi connectivity index (χ4n) is 4.50. The number of esters is 1. The molecule has 0 aromatic rings. The summed E-state index contributed by atoms with van der Waals surface area (Å²) < 4.78 is 5.87. The highest BCUT2D eigenvalue weighted by molar-refractivity contribution is 5.79. The maximum absolute atomic E-state index is 13.0. The second-order valence-corrected chi connectivity index (χ2v) is 7.29. The van der Waals surface area contributed by atoms with Gasteiger partial charge < -0.3 is 20.9 Å². The third-order valence-corrected chi connectivity index (χ3v) is 5.79. The van der Waals surface area contributed by atoms with E-state index in [9.17, 15) is 4.79 Å². The molecule has 25 heavy (non-hydrogen) atoms. The molecule has 1 unspecified atom stereocenters. The predicted molar refractivity (Wildman–Crippen MR) is 95.2 cm³/mol. The summed E-state index contributed by atoms with van der Waals surface area (Å²) in [5.74, 6) is 1.02. The highest BCUT2D eigenvalue weighted by Crippen LogP contribution is 2.49. The summed E-state index contributed by atoms with van der Waals surface area (Å²) >= 11 is 0. The minimum absolute atomic E-state index is 0.0431. The van der Waals surface area contributed by atoms with Gasteiger partial charge in [-0.1, -0.05) is 38.5 Å². The van der Waals surface area contributed by atoms with Gasteiger partial charge in [-0.3, -0.25) is 9.59 Å². The molecule has 7 heteroatoms. The Bertz CT molecular complexity index is 469. The van der Waals surface area contributed by atoms with Crippen molar-refractivity contribution in [3.05, 3.63) is 0 Å². The summed E-state index contributed by atoms with van der Waals surface area (Å²) in [4.78, 5) is 25.6. The highest BCUT2D eigenvalue weighted by atomic mass is 16.5. The van der Waals surface area contributed by atoms with Crippen LogP contribution in [0.5, 0.6) is 0 Å². The lowest BCUT2D eigenvalue weighted by Gasteiger charge is -2.43. The Hall–Kier alpha value is -1.79. The number of nitrogens with zero attached hydrogens (tertiary/aromatic N) is 1. The average molecular weight is 353 g/mol. The molecule has 0 spiro atoms. The first kappa shape index (κ1) is 19.5. The zero-order valence-corrected chi connectivity index (χ0v) is 14.9. The summed E-state index contributed by atoms with van der Waals surface area (Å²) in [5, 5.41) is 9.87. The second kappa shape index (κ2) is 9.63. The third kappa shape index (κ3) is 5.09. The number of hydrogen-bond donors (Lipinski definition) is 3. The van der Waals surface area contributed by atoms with Crippen molar-refractivity contribution in [3.8, 4) is 0 Å². The van der Waals surface area contributed by atoms with Crippen LogP contribution in [0.1, 0.15) is 64.2 Å². The predicted octanol–water partition coefficient (Wildman–Crippen LogP) is 2.05. The van der Waals surface area contributed by atoms with E-state index in [4.69, 9.17) is 20.4 Å². The summed E-state index contributed by atoms with van der Waals surface area (Å²) in [6.45, 7) is 0.827. The molecule has 0 amide bonds. The van der Waals surface area contributed by atoms with Crippen molar-refractivity contribution < 1.29 is 19.4 Å². The third-order valence-electron chi connectivity index (χ3n) is 5.79. The number of carbonyl (C=O) groups excluding carboxylic acids is 1. The minimum atomic E-state index is -0.250. The maximum atomic E-state index is 13.0. The van der Waals surface area contributed by atoms with E-state index in [0.717, 1.165) is 12.8 Å². The number of guanidine groups is 1. The molecule has 3 rings (SSSR count). The van der Waals surface area contributed by atoms with Gasteiger partial charge in [-0.05, 0) is 31.6 Å². The number of hydrogen-bond acceptors (Lipinski definition) is 6. The van der Waals surface area contributed by atoms with E-state index < -0.39 is 0 Å². The number of carboxylic acid groups (broad SMARTS) is 1. The van der Waals surface area contributed by atoms with Gasteiger partial charge in [-0.15, -0.1) is 0 Å². The molecule has 0 aromatic heterocycles. The lowest BCUT2D eigenvalue weighted by molar-refractivity contribution is -0.169. The molecule has 1 heterocycles. The molecule has 0 radical (unpaired) electrons. The molecule has 2 fully saturated rings. The molecule has 1 aliphatic heterocycles. The molecule has 142 valence electrons. The number of aliphatic imine (C=N–C) groups is 1. The first-order valence-electron chi connectivity index (χ1n) is 9.45. The summed E-state index contributed by atoms with van der Waals surface area (Å²) in [6, 6.07) is 0. The molecule has 2 aliphatic carbocycles. The van der Waals surface area contributed by atoms with E-state index in [2.05, 4.69) is 10.3 Å². The van der Waals surface area contributed by atoms with E-state index >= 15 is 0 Å². The van der Waals surface area contributed by atoms with Crippen molar-refractivity contribution >= 4 is 18.4 Å². The van der Waals surface area contributed by atoms with Crippen LogP contribution in [0.3, 0.4) is 0 Å². The van der Waals surface area contributed by atoms with E-state index in [1.807, 2.05) is 0 Å². The van der Waals surface area contributed by atoms with Crippen LogP contribution in [0.4, 0.5) is 0 Å². The Morgan fingerprint density at radius 3 is 2.36 bits per heavy atom. The molecular formula is C18H31N3O4. The van der Waals surface area contributed by atoms with E-state index in [0.29, 0.717) is 25.0 Å². The van der Waals surface area contributed by atoms with Gasteiger partial charge in [-0.2, -0.15) is 0 Å². The lowest BCUT2D eigenvalue weighted by Crippen LogP contribution is -2.49. The van der Waals surface area contributed by atoms with E-state index in [1.54, 1.807) is 0 Å². The Morgan fingerprint density at radius 2 is 1.80 bits per heavy atom. The van der Waals surface area contributed by atoms with Gasteiger partial charge >= 0.3 is 5.97 Å². The van der Waals surface area contributed by atoms with Crippen LogP contribution < -0.4 is 11.1 Å². The van der Waals surface area contributed by atoms with Gasteiger partial charge in [-0.25, -0.2) is 4.99 Å². The molecule has 7 nitrogen and oxygen atoms in total. The van der Waals surface area contributed by atoms with E-state index in [1.165, 1.54) is 51.4 Å². The van der Waals surface area contributed by atoms with Crippen molar-refractivity contribution in [1.82, 2.24) is 5.32 Å². The molecule has 4 N–H and O–H groups in total. The minimum Gasteiger partial charge on any atom is -0.483 e. The number of carbonyl (C=O) groups is 2. The molecule has 0 aromatic carbocycles. The Balaban J connectivity index is 0.000000701. The van der Waals surface area contributed by atoms with Gasteiger partial charge in [0, 0.05) is 0 Å². The normalized spacial score (nSPS) is 26.2. The molecule has 2 saturated carbocycles. The highest BCUT2D eigenvalue weighted by Gasteiger charge is 2.48. The zero-order chi connectivity index (χ0) is 18.1. The number of nitrogens with one attached hydrogen (secondary N) is 1. The molecule has 0 bridgehead atoms. The van der Waals surface area contributed by atoms with Crippen LogP contribution in [-0.4, -0.2) is 42.7 Å². The Kier molecular flexibility index (Phi) is 7.52. The van der Waals surface area contributed by atoms with Crippen LogP contribution in [0.25, 0.3) is 0 Å². The summed E-state index contributed by atoms with van der Waals surface area (Å²) in [7, 11) is 0. The molecule has 0 saturated heterocycles. The number of ether oxygens (including phenoxy) is 1. The van der Waals surface area contributed by atoms with Crippen LogP contribution >= 0.6 is 0 Å². The quantitative estimate of drug-likeness (QED) is 0.528. The van der Waals surface area contributed by atoms with Crippen molar-refractivity contribution in [2.24, 2.45) is 22.1 Å². The summed E-state index contributed by atoms with van der Waals surface area (Å²) in [6.07, 6.45) is 11.7. The Morgan fingerprint density at radius 1 is 1.20 bits per heavy atom. The number of nitrogens with two attached hydrogens (primary N) is 1. The standard InChI is InChI=1S/C17H29N3O2.CH2O2/c18-16-19-11-14(12-20-16)22-15(21)17(9-5-2-6-10-17)13-7-3-1-4-8-13;2-1-3/h13-14H,1-12H2,(H3,18,19,20);1H,(H,2,3). The summed E-state index contributed by atoms with van der Waals surface area (Å²) in [5.41, 5.74) is 5.39. The van der Waals surface area contributed by atoms with Crippen molar-refractivity contribution in [1.29, 1.82) is 0 Å². The Labute approximate surface area is 149 Å². The molecule has 3 aliphatic rings. The largest absolute Gasteiger partial charge is 0.483 e. The van der Waals surface area contributed by atoms with Crippen LogP contribution in [0, 0.1) is 11.3 Å². The SMILES string of the molecule is NC1=NCC(OC(=O)C2(C3CCCCC3)CCCCC2)CN1.O=CO. The number of rotatable bonds is 3. The first-order chi connectivity index (χ1) is 12.1. The average Bonchev–Trinajstić information content (AvgIpc) is 2.65. The second-order valence-electron chi connectivity index (χ2n) is 7.29. The van der Waals surface area contributed by atoms with Crippen LogP contribution in [0.2, 0.25) is 0 Å². The fraction of sp³-hybridized carbons (Fsp3) is 0.833. The van der Waals surface area contributed by atoms with Gasteiger partial charge in [0.15, 0.2) is 5.96 Å². The molecule has 1 atom stereocenters. The van der Waals surface area contributed by atoms with Gasteiger partial charge in [0.25, 0.3) is 6.47 Å². The molecular weight excluding hydrogens is 322 g/mol. The van der Waals surface area contributed by atoms with Crippen molar-refractivity contribution in [2.75, 3.05) is 13.1 Å². The lowest BCUT2D eigenvalue weighted by atomic mass is 9.61. The van der Waals surface area contributed by atoms with Crippen LogP contribution in [0.15, 0.2) is 4.99 Å². The van der Waals surface area contributed by atoms with Crippen LogP contribution in [-0.2, 0) is 14.3 Å². The zero-order valence-electron chi connectivity index (χ0n) is 14.9. The van der Waals surface area contributed by atoms with Gasteiger partial charge in [0.05, 0.1) is 18.5 Å². The van der Waals surface area contributed by atoms with Crippen molar-refractivity contribution in [2.45, 2.75) is 70.3 Å². The van der Waals surface area contributed by atoms with Crippen molar-refractivity contribution in [3.63, 3.8) is 0 Å². The van der Waals surface area contributed by atoms with E-state index in [-0.39, 0.29) is 24.0 Å². The smallest absolute Gasteiger partial charge is 0.312 e. The topological polar surface area (TPSA) is 114 Å². The monoisotopic (exact) mass is 353 g/mol.